The van der Waals surface area contributed by atoms with Gasteiger partial charge in [-0.3, -0.25) is 0 Å². The maximum absolute atomic E-state index is 10.8. The number of fused-ring (bicyclic) bond motifs is 1. The van der Waals surface area contributed by atoms with Crippen molar-refractivity contribution in [2.45, 2.75) is 38.7 Å². The number of hydrogen-bond acceptors (Lipinski definition) is 3. The number of benzene rings is 2. The third kappa shape index (κ3) is 4.25. The van der Waals surface area contributed by atoms with Crippen LogP contribution >= 0.6 is 0 Å². The van der Waals surface area contributed by atoms with E-state index in [0.717, 1.165) is 53.4 Å². The molecular weight excluding hydrogens is 308 g/mol. The third-order valence-electron chi connectivity index (χ3n) is 4.64. The second-order valence-electron chi connectivity index (χ2n) is 6.63. The fourth-order valence-electron chi connectivity index (χ4n) is 3.16. The van der Waals surface area contributed by atoms with E-state index in [9.17, 15) is 5.11 Å². The van der Waals surface area contributed by atoms with Gasteiger partial charge < -0.3 is 10.8 Å². The monoisotopic (exact) mass is 334 g/mol. The molecule has 0 aliphatic rings. The highest BCUT2D eigenvalue weighted by atomic mass is 16.3. The first kappa shape index (κ1) is 17.6. The fourth-order valence-corrected chi connectivity index (χ4v) is 3.16. The summed E-state index contributed by atoms with van der Waals surface area (Å²) in [5, 5.41) is 11.8. The zero-order chi connectivity index (χ0) is 17.6. The Kier molecular flexibility index (Phi) is 5.79. The minimum Gasteiger partial charge on any atom is -0.388 e. The van der Waals surface area contributed by atoms with E-state index in [1.165, 1.54) is 5.56 Å². The molecule has 0 aliphatic heterocycles. The molecule has 3 heteroatoms. The maximum atomic E-state index is 10.8. The number of aliphatic hydroxyl groups is 1. The van der Waals surface area contributed by atoms with E-state index in [4.69, 9.17) is 10.7 Å². The topological polar surface area (TPSA) is 59.1 Å². The molecule has 0 saturated carbocycles. The van der Waals surface area contributed by atoms with Crippen LogP contribution in [0.3, 0.4) is 0 Å². The minimum absolute atomic E-state index is 0.477. The number of para-hydroxylation sites is 1. The van der Waals surface area contributed by atoms with Crippen LogP contribution in [-0.4, -0.2) is 16.6 Å². The Morgan fingerprint density at radius 2 is 1.76 bits per heavy atom. The molecule has 0 saturated heterocycles. The van der Waals surface area contributed by atoms with Crippen molar-refractivity contribution in [2.75, 3.05) is 6.54 Å². The third-order valence-corrected chi connectivity index (χ3v) is 4.64. The number of aryl methyl sites for hydroxylation is 1. The SMILES string of the molecule is Cc1ccc(-c2cc(C(O)CCCCCN)c3ccccc3n2)cc1. The lowest BCUT2D eigenvalue weighted by atomic mass is 9.97. The average molecular weight is 334 g/mol. The van der Waals surface area contributed by atoms with Crippen molar-refractivity contribution in [3.63, 3.8) is 0 Å². The molecule has 0 fully saturated rings. The van der Waals surface area contributed by atoms with Gasteiger partial charge in [-0.05, 0) is 44.0 Å². The molecule has 1 atom stereocenters. The molecular formula is C22H26N2O. The summed E-state index contributed by atoms with van der Waals surface area (Å²) in [6.45, 7) is 2.79. The van der Waals surface area contributed by atoms with Crippen LogP contribution in [0.5, 0.6) is 0 Å². The van der Waals surface area contributed by atoms with Crippen LogP contribution in [0, 0.1) is 6.92 Å². The van der Waals surface area contributed by atoms with Crippen molar-refractivity contribution in [1.82, 2.24) is 4.98 Å². The number of aromatic nitrogens is 1. The Bertz CT molecular complexity index is 827. The summed E-state index contributed by atoms with van der Waals surface area (Å²) >= 11 is 0. The van der Waals surface area contributed by atoms with Crippen LogP contribution in [0.4, 0.5) is 0 Å². The lowest BCUT2D eigenvalue weighted by Crippen LogP contribution is -2.02. The molecule has 0 amide bonds. The lowest BCUT2D eigenvalue weighted by Gasteiger charge is -2.15. The molecule has 0 spiro atoms. The van der Waals surface area contributed by atoms with Crippen molar-refractivity contribution in [3.8, 4) is 11.3 Å². The first-order chi connectivity index (χ1) is 12.2. The fraction of sp³-hybridized carbons (Fsp3) is 0.318. The maximum Gasteiger partial charge on any atom is 0.0797 e. The predicted octanol–water partition coefficient (Wildman–Crippen LogP) is 4.76. The van der Waals surface area contributed by atoms with Crippen LogP contribution in [0.15, 0.2) is 54.6 Å². The molecule has 3 rings (SSSR count). The van der Waals surface area contributed by atoms with Crippen LogP contribution in [0.2, 0.25) is 0 Å². The zero-order valence-electron chi connectivity index (χ0n) is 14.8. The molecule has 25 heavy (non-hydrogen) atoms. The van der Waals surface area contributed by atoms with Crippen molar-refractivity contribution < 1.29 is 5.11 Å². The van der Waals surface area contributed by atoms with Gasteiger partial charge in [-0.2, -0.15) is 0 Å². The van der Waals surface area contributed by atoms with Gasteiger partial charge in [0.05, 0.1) is 17.3 Å². The molecule has 0 bridgehead atoms. The summed E-state index contributed by atoms with van der Waals surface area (Å²) in [7, 11) is 0. The molecule has 2 aromatic carbocycles. The van der Waals surface area contributed by atoms with Gasteiger partial charge in [0.25, 0.3) is 0 Å². The molecule has 0 radical (unpaired) electrons. The molecule has 3 aromatic rings. The Morgan fingerprint density at radius 3 is 2.52 bits per heavy atom. The minimum atomic E-state index is -0.477. The summed E-state index contributed by atoms with van der Waals surface area (Å²) in [6.07, 6.45) is 3.32. The summed E-state index contributed by atoms with van der Waals surface area (Å²) in [4.78, 5) is 4.80. The number of aliphatic hydroxyl groups excluding tert-OH is 1. The number of rotatable bonds is 7. The summed E-state index contributed by atoms with van der Waals surface area (Å²) in [6, 6.07) is 18.4. The number of nitrogens with two attached hydrogens (primary N) is 1. The molecule has 1 unspecified atom stereocenters. The summed E-state index contributed by atoms with van der Waals surface area (Å²) < 4.78 is 0. The Balaban J connectivity index is 1.96. The van der Waals surface area contributed by atoms with E-state index in [-0.39, 0.29) is 0 Å². The number of unbranched alkanes of at least 4 members (excludes halogenated alkanes) is 2. The molecule has 1 heterocycles. The Hall–Kier alpha value is -2.23. The van der Waals surface area contributed by atoms with Crippen molar-refractivity contribution in [2.24, 2.45) is 5.73 Å². The van der Waals surface area contributed by atoms with E-state index < -0.39 is 6.10 Å². The largest absolute Gasteiger partial charge is 0.388 e. The summed E-state index contributed by atoms with van der Waals surface area (Å²) in [5.74, 6) is 0. The highest BCUT2D eigenvalue weighted by Gasteiger charge is 2.14. The zero-order valence-corrected chi connectivity index (χ0v) is 14.8. The van der Waals surface area contributed by atoms with Crippen molar-refractivity contribution in [1.29, 1.82) is 0 Å². The van der Waals surface area contributed by atoms with Gasteiger partial charge >= 0.3 is 0 Å². The standard InChI is InChI=1S/C22H26N2O/c1-16-10-12-17(13-11-16)21-15-19(22(25)9-3-2-6-14-23)18-7-4-5-8-20(18)24-21/h4-5,7-8,10-13,15,22,25H,2-3,6,9,14,23H2,1H3. The van der Waals surface area contributed by atoms with Crippen LogP contribution < -0.4 is 5.73 Å². The lowest BCUT2D eigenvalue weighted by molar-refractivity contribution is 0.165. The second kappa shape index (κ2) is 8.24. The second-order valence-corrected chi connectivity index (χ2v) is 6.63. The number of pyridine rings is 1. The van der Waals surface area contributed by atoms with Crippen LogP contribution in [-0.2, 0) is 0 Å². The van der Waals surface area contributed by atoms with Gasteiger partial charge in [-0.1, -0.05) is 60.9 Å². The van der Waals surface area contributed by atoms with Gasteiger partial charge in [0.1, 0.15) is 0 Å². The van der Waals surface area contributed by atoms with Gasteiger partial charge in [-0.15, -0.1) is 0 Å². The molecule has 0 aliphatic carbocycles. The Morgan fingerprint density at radius 1 is 1.00 bits per heavy atom. The number of nitrogens with zero attached hydrogens (tertiary/aromatic N) is 1. The highest BCUT2D eigenvalue weighted by molar-refractivity contribution is 5.85. The molecule has 3 N–H and O–H groups in total. The van der Waals surface area contributed by atoms with E-state index >= 15 is 0 Å². The summed E-state index contributed by atoms with van der Waals surface area (Å²) in [5.41, 5.74) is 10.7. The van der Waals surface area contributed by atoms with E-state index in [1.54, 1.807) is 0 Å². The quantitative estimate of drug-likeness (QED) is 0.612. The van der Waals surface area contributed by atoms with Gasteiger partial charge in [0.2, 0.25) is 0 Å². The predicted molar refractivity (Wildman–Crippen MR) is 104 cm³/mol. The van der Waals surface area contributed by atoms with E-state index in [1.807, 2.05) is 30.3 Å². The first-order valence-electron chi connectivity index (χ1n) is 9.04. The van der Waals surface area contributed by atoms with Crippen molar-refractivity contribution in [3.05, 3.63) is 65.7 Å². The van der Waals surface area contributed by atoms with Crippen molar-refractivity contribution >= 4 is 10.9 Å². The van der Waals surface area contributed by atoms with Crippen LogP contribution in [0.25, 0.3) is 22.2 Å². The van der Waals surface area contributed by atoms with E-state index in [2.05, 4.69) is 31.2 Å². The van der Waals surface area contributed by atoms with Crippen LogP contribution in [0.1, 0.15) is 42.9 Å². The smallest absolute Gasteiger partial charge is 0.0797 e. The average Bonchev–Trinajstić information content (AvgIpc) is 2.65. The normalized spacial score (nSPS) is 12.4. The molecule has 1 aromatic heterocycles. The highest BCUT2D eigenvalue weighted by Crippen LogP contribution is 2.31. The van der Waals surface area contributed by atoms with E-state index in [0.29, 0.717) is 6.54 Å². The van der Waals surface area contributed by atoms with Gasteiger partial charge in [0, 0.05) is 10.9 Å². The van der Waals surface area contributed by atoms with Gasteiger partial charge in [-0.25, -0.2) is 4.98 Å². The molecule has 3 nitrogen and oxygen atoms in total. The molecule has 130 valence electrons. The van der Waals surface area contributed by atoms with Gasteiger partial charge in [0.15, 0.2) is 0 Å². The first-order valence-corrected chi connectivity index (χ1v) is 9.04. The number of hydrogen-bond donors (Lipinski definition) is 2. The Labute approximate surface area is 149 Å².